The molecule has 0 spiro atoms. The molecule has 0 aliphatic carbocycles. The largest absolute Gasteiger partial charge is 0.507 e. The number of carbonyl (C=O) groups excluding carboxylic acids is 4. The second kappa shape index (κ2) is 14.8. The van der Waals surface area contributed by atoms with Crippen molar-refractivity contribution in [2.24, 2.45) is 0 Å². The van der Waals surface area contributed by atoms with E-state index in [4.69, 9.17) is 0 Å². The van der Waals surface area contributed by atoms with Crippen LogP contribution < -0.4 is 21.3 Å². The van der Waals surface area contributed by atoms with E-state index in [0.29, 0.717) is 11.1 Å². The summed E-state index contributed by atoms with van der Waals surface area (Å²) >= 11 is 0. The smallest absolute Gasteiger partial charge is 0.314 e. The fourth-order valence-corrected chi connectivity index (χ4v) is 7.45. The van der Waals surface area contributed by atoms with Crippen molar-refractivity contribution in [2.75, 3.05) is 21.3 Å². The quantitative estimate of drug-likeness (QED) is 0.0532. The minimum atomic E-state index is -4.73. The first-order valence-corrected chi connectivity index (χ1v) is 19.1. The van der Waals surface area contributed by atoms with Gasteiger partial charge in [-0.05, 0) is 97.8 Å². The van der Waals surface area contributed by atoms with Gasteiger partial charge in [-0.1, -0.05) is 24.3 Å². The van der Waals surface area contributed by atoms with Crippen LogP contribution in [0.1, 0.15) is 31.8 Å². The lowest BCUT2D eigenvalue weighted by Crippen LogP contribution is -2.29. The van der Waals surface area contributed by atoms with Gasteiger partial charge in [0, 0.05) is 44.0 Å². The molecule has 4 amide bonds. The topological polar surface area (TPSA) is 266 Å². The number of rotatable bonds is 8. The number of hydrogen-bond donors (Lipinski definition) is 8. The van der Waals surface area contributed by atoms with Crippen molar-refractivity contribution in [2.45, 2.75) is 23.6 Å². The summed E-state index contributed by atoms with van der Waals surface area (Å²) in [5.74, 6) is -4.05. The summed E-state index contributed by atoms with van der Waals surface area (Å²) in [5, 5.41) is 30.5. The lowest BCUT2D eigenvalue weighted by Gasteiger charge is -2.14. The Kier molecular flexibility index (Phi) is 10.2. The maximum absolute atomic E-state index is 13.2. The SMILES string of the molecule is Cc1cc(C(=O)Nc2ccc(O)c3cccc(S(=O)(=O)O)c23)ccc1NC(=O)C(=O)Nc1ccc(C(=O)Nc2ccc(O)c3cccc(S(=O)(=O)O)c23)cc1C. The van der Waals surface area contributed by atoms with E-state index in [1.54, 1.807) is 13.8 Å². The molecular formula is C38H30N4O12S2. The van der Waals surface area contributed by atoms with Gasteiger partial charge in [0.15, 0.2) is 0 Å². The number of aryl methyl sites for hydroxylation is 2. The standard InChI is InChI=1S/C38H30N4O12S2/c1-19-17-21(35(45)41-27-13-15-29(43)23-5-3-7-31(33(23)27)55(49,50)51)9-11-25(19)39-37(47)38(48)40-26-12-10-22(18-20(26)2)36(46)42-28-14-16-30(44)24-6-4-8-32(34(24)28)56(52,53)54/h3-18,43-44H,1-2H3,(H,39,47)(H,40,48)(H,41,45)(H,42,46)(H,49,50,51)(H,52,53,54). The van der Waals surface area contributed by atoms with E-state index < -0.39 is 53.7 Å². The summed E-state index contributed by atoms with van der Waals surface area (Å²) in [6.07, 6.45) is 0. The minimum Gasteiger partial charge on any atom is -0.507 e. The zero-order valence-corrected chi connectivity index (χ0v) is 30.7. The summed E-state index contributed by atoms with van der Waals surface area (Å²) in [6, 6.07) is 21.0. The highest BCUT2D eigenvalue weighted by Gasteiger charge is 2.23. The Morgan fingerprint density at radius 2 is 0.839 bits per heavy atom. The first kappa shape index (κ1) is 38.9. The van der Waals surface area contributed by atoms with Gasteiger partial charge in [0.05, 0.1) is 11.4 Å². The molecule has 0 aliphatic heterocycles. The summed E-state index contributed by atoms with van der Waals surface area (Å²) in [5.41, 5.74) is 1.30. The molecule has 0 aliphatic rings. The molecule has 6 aromatic carbocycles. The van der Waals surface area contributed by atoms with Crippen LogP contribution in [0.25, 0.3) is 21.5 Å². The summed E-state index contributed by atoms with van der Waals surface area (Å²) < 4.78 is 67.6. The van der Waals surface area contributed by atoms with Crippen LogP contribution in [0.2, 0.25) is 0 Å². The molecule has 0 radical (unpaired) electrons. The average molecular weight is 799 g/mol. The number of aromatic hydroxyl groups is 2. The van der Waals surface area contributed by atoms with Crippen LogP contribution in [0.15, 0.2) is 107 Å². The van der Waals surface area contributed by atoms with E-state index in [1.807, 2.05) is 0 Å². The normalized spacial score (nSPS) is 11.6. The maximum Gasteiger partial charge on any atom is 0.314 e. The molecule has 0 aromatic heterocycles. The van der Waals surface area contributed by atoms with Gasteiger partial charge >= 0.3 is 11.8 Å². The molecule has 0 saturated heterocycles. The zero-order valence-electron chi connectivity index (χ0n) is 29.1. The molecule has 8 N–H and O–H groups in total. The maximum atomic E-state index is 13.2. The van der Waals surface area contributed by atoms with Crippen molar-refractivity contribution in [3.8, 4) is 11.5 Å². The number of nitrogens with one attached hydrogen (secondary N) is 4. The third-order valence-corrected chi connectivity index (χ3v) is 10.5. The van der Waals surface area contributed by atoms with Crippen molar-refractivity contribution >= 4 is 88.2 Å². The van der Waals surface area contributed by atoms with Crippen molar-refractivity contribution in [3.05, 3.63) is 119 Å². The third kappa shape index (κ3) is 7.84. The van der Waals surface area contributed by atoms with Crippen LogP contribution >= 0.6 is 0 Å². The van der Waals surface area contributed by atoms with Crippen molar-refractivity contribution in [3.63, 3.8) is 0 Å². The minimum absolute atomic E-state index is 0.00749. The Balaban J connectivity index is 1.13. The Bertz CT molecular complexity index is 2700. The number of phenols is 2. The van der Waals surface area contributed by atoms with Gasteiger partial charge in [-0.2, -0.15) is 16.8 Å². The second-order valence-electron chi connectivity index (χ2n) is 12.4. The van der Waals surface area contributed by atoms with Crippen molar-refractivity contribution < 1.29 is 55.3 Å². The van der Waals surface area contributed by atoms with Gasteiger partial charge < -0.3 is 31.5 Å². The molecule has 0 unspecified atom stereocenters. The predicted molar refractivity (Wildman–Crippen MR) is 206 cm³/mol. The van der Waals surface area contributed by atoms with Gasteiger partial charge in [-0.15, -0.1) is 0 Å². The molecule has 0 fully saturated rings. The van der Waals surface area contributed by atoms with Crippen LogP contribution in [-0.2, 0) is 29.8 Å². The number of benzene rings is 6. The number of hydrogen-bond acceptors (Lipinski definition) is 10. The number of anilines is 4. The fourth-order valence-electron chi connectivity index (χ4n) is 5.99. The number of amides is 4. The highest BCUT2D eigenvalue weighted by Crippen LogP contribution is 2.37. The van der Waals surface area contributed by atoms with Gasteiger partial charge in [-0.25, -0.2) is 0 Å². The van der Waals surface area contributed by atoms with E-state index in [1.165, 1.54) is 84.9 Å². The Morgan fingerprint density at radius 1 is 0.482 bits per heavy atom. The summed E-state index contributed by atoms with van der Waals surface area (Å²) in [4.78, 5) is 51.1. The van der Waals surface area contributed by atoms with Crippen LogP contribution in [0, 0.1) is 13.8 Å². The summed E-state index contributed by atoms with van der Waals surface area (Å²) in [7, 11) is -9.46. The molecular weight excluding hydrogens is 769 g/mol. The van der Waals surface area contributed by atoms with Crippen LogP contribution in [0.5, 0.6) is 11.5 Å². The Hall–Kier alpha value is -6.86. The first-order chi connectivity index (χ1) is 26.3. The zero-order chi connectivity index (χ0) is 40.7. The van der Waals surface area contributed by atoms with Gasteiger partial charge in [0.25, 0.3) is 32.1 Å². The molecule has 56 heavy (non-hydrogen) atoms. The van der Waals surface area contributed by atoms with Gasteiger partial charge in [0.2, 0.25) is 0 Å². The van der Waals surface area contributed by atoms with E-state index in [0.717, 1.165) is 12.1 Å². The molecule has 0 saturated carbocycles. The van der Waals surface area contributed by atoms with Gasteiger partial charge in [0.1, 0.15) is 21.3 Å². The van der Waals surface area contributed by atoms with E-state index in [2.05, 4.69) is 21.3 Å². The Labute approximate surface area is 318 Å². The van der Waals surface area contributed by atoms with Crippen LogP contribution in [0.4, 0.5) is 22.7 Å². The van der Waals surface area contributed by atoms with E-state index >= 15 is 0 Å². The number of fused-ring (bicyclic) bond motifs is 2. The molecule has 18 heteroatoms. The molecule has 6 aromatic rings. The molecule has 0 heterocycles. The molecule has 0 bridgehead atoms. The molecule has 0 atom stereocenters. The van der Waals surface area contributed by atoms with Crippen LogP contribution in [0.3, 0.4) is 0 Å². The number of carbonyl (C=O) groups is 4. The highest BCUT2D eigenvalue weighted by atomic mass is 32.2. The lowest BCUT2D eigenvalue weighted by atomic mass is 10.1. The fraction of sp³-hybridized carbons (Fsp3) is 0.0526. The Morgan fingerprint density at radius 3 is 1.18 bits per heavy atom. The highest BCUT2D eigenvalue weighted by molar-refractivity contribution is 7.86. The van der Waals surface area contributed by atoms with Crippen molar-refractivity contribution in [1.82, 2.24) is 0 Å². The summed E-state index contributed by atoms with van der Waals surface area (Å²) in [6.45, 7) is 3.13. The average Bonchev–Trinajstić information content (AvgIpc) is 3.14. The first-order valence-electron chi connectivity index (χ1n) is 16.2. The molecule has 6 rings (SSSR count). The van der Waals surface area contributed by atoms with Crippen LogP contribution in [-0.4, -0.2) is 59.8 Å². The predicted octanol–water partition coefficient (Wildman–Crippen LogP) is 5.60. The van der Waals surface area contributed by atoms with E-state index in [-0.39, 0.29) is 66.9 Å². The lowest BCUT2D eigenvalue weighted by molar-refractivity contribution is -0.133. The van der Waals surface area contributed by atoms with Gasteiger partial charge in [-0.3, -0.25) is 28.3 Å². The number of phenolic OH excluding ortho intramolecular Hbond substituents is 2. The molecule has 286 valence electrons. The van der Waals surface area contributed by atoms with E-state index in [9.17, 15) is 55.3 Å². The monoisotopic (exact) mass is 798 g/mol. The second-order valence-corrected chi connectivity index (χ2v) is 15.2. The molecule has 16 nitrogen and oxygen atoms in total. The third-order valence-electron chi connectivity index (χ3n) is 8.69. The van der Waals surface area contributed by atoms with Crippen molar-refractivity contribution in [1.29, 1.82) is 0 Å².